The second kappa shape index (κ2) is 6.06. The van der Waals surface area contributed by atoms with Crippen LogP contribution in [-0.4, -0.2) is 40.9 Å². The number of nitrogens with zero attached hydrogens (tertiary/aromatic N) is 1. The monoisotopic (exact) mass is 337 g/mol. The molecule has 1 fully saturated rings. The van der Waals surface area contributed by atoms with Gasteiger partial charge in [-0.05, 0) is 40.7 Å². The summed E-state index contributed by atoms with van der Waals surface area (Å²) < 4.78 is 16.5. The maximum atomic E-state index is 11.9. The predicted molar refractivity (Wildman–Crippen MR) is 86.4 cm³/mol. The highest BCUT2D eigenvalue weighted by atomic mass is 16.7. The molecule has 1 heterocycles. The summed E-state index contributed by atoms with van der Waals surface area (Å²) in [7, 11) is -1.04. The first-order valence-corrected chi connectivity index (χ1v) is 7.54. The number of phenolic OH excluding ortho intramolecular Hbond substituents is 1. The largest absolute Gasteiger partial charge is 0.502 e. The van der Waals surface area contributed by atoms with Crippen molar-refractivity contribution < 1.29 is 28.9 Å². The van der Waals surface area contributed by atoms with Crippen molar-refractivity contribution in [3.8, 4) is 5.75 Å². The quantitative estimate of drug-likeness (QED) is 0.386. The molecule has 2 rings (SSSR count). The molecule has 1 aromatic rings. The number of carbonyl (C=O) groups is 1. The molecule has 0 amide bonds. The molecule has 1 aliphatic rings. The van der Waals surface area contributed by atoms with Gasteiger partial charge in [0.15, 0.2) is 5.75 Å². The minimum atomic E-state index is -1.04. The Labute approximate surface area is 140 Å². The molecule has 0 aliphatic carbocycles. The van der Waals surface area contributed by atoms with E-state index in [1.807, 2.05) is 27.7 Å². The molecule has 1 aliphatic heterocycles. The first kappa shape index (κ1) is 18.2. The lowest BCUT2D eigenvalue weighted by Gasteiger charge is -2.32. The Hall–Kier alpha value is -2.13. The number of nitro groups is 1. The van der Waals surface area contributed by atoms with Crippen LogP contribution in [0.25, 0.3) is 0 Å². The molecule has 0 aromatic heterocycles. The van der Waals surface area contributed by atoms with Crippen molar-refractivity contribution >= 4 is 24.2 Å². The third kappa shape index (κ3) is 3.09. The van der Waals surface area contributed by atoms with Crippen LogP contribution in [0.1, 0.15) is 45.0 Å². The molecule has 0 radical (unpaired) electrons. The van der Waals surface area contributed by atoms with Gasteiger partial charge in [0, 0.05) is 11.5 Å². The van der Waals surface area contributed by atoms with Gasteiger partial charge in [0.05, 0.1) is 28.3 Å². The van der Waals surface area contributed by atoms with Crippen LogP contribution in [0.2, 0.25) is 0 Å². The average Bonchev–Trinajstić information content (AvgIpc) is 2.67. The topological polar surface area (TPSA) is 108 Å². The third-order valence-corrected chi connectivity index (χ3v) is 4.33. The van der Waals surface area contributed by atoms with Gasteiger partial charge >= 0.3 is 18.8 Å². The molecular formula is C15H20BNO7. The van der Waals surface area contributed by atoms with Crippen molar-refractivity contribution in [2.45, 2.75) is 45.8 Å². The fourth-order valence-corrected chi connectivity index (χ4v) is 2.26. The number of rotatable bonds is 4. The minimum Gasteiger partial charge on any atom is -0.502 e. The summed E-state index contributed by atoms with van der Waals surface area (Å²) in [4.78, 5) is 22.4. The van der Waals surface area contributed by atoms with Gasteiger partial charge < -0.3 is 19.2 Å². The van der Waals surface area contributed by atoms with Crippen LogP contribution in [0.15, 0.2) is 12.1 Å². The standard InChI is InChI=1S/C15H20BNO7/c1-6-22-13(19)9-7-10(12(18)11(8-9)17(20)21)16-23-14(2,3)15(4,5)24-16/h7-8,18H,6H2,1-5H3. The average molecular weight is 337 g/mol. The smallest absolute Gasteiger partial charge is 0.498 e. The van der Waals surface area contributed by atoms with Crippen molar-refractivity contribution in [2.24, 2.45) is 0 Å². The Morgan fingerprint density at radius 3 is 2.29 bits per heavy atom. The van der Waals surface area contributed by atoms with Gasteiger partial charge in [0.25, 0.3) is 0 Å². The Bertz CT molecular complexity index is 671. The fourth-order valence-electron chi connectivity index (χ4n) is 2.26. The summed E-state index contributed by atoms with van der Waals surface area (Å²) in [6.07, 6.45) is 0. The normalized spacial score (nSPS) is 18.5. The van der Waals surface area contributed by atoms with E-state index in [4.69, 9.17) is 14.0 Å². The fraction of sp³-hybridized carbons (Fsp3) is 0.533. The number of hydrogen-bond donors (Lipinski definition) is 1. The van der Waals surface area contributed by atoms with E-state index in [9.17, 15) is 20.0 Å². The summed E-state index contributed by atoms with van der Waals surface area (Å²) >= 11 is 0. The number of aromatic hydroxyl groups is 1. The summed E-state index contributed by atoms with van der Waals surface area (Å²) in [5.41, 5.74) is -2.03. The molecule has 1 N–H and O–H groups in total. The van der Waals surface area contributed by atoms with Crippen LogP contribution in [0.5, 0.6) is 5.75 Å². The highest BCUT2D eigenvalue weighted by Gasteiger charge is 2.53. The third-order valence-electron chi connectivity index (χ3n) is 4.33. The first-order valence-electron chi connectivity index (χ1n) is 7.54. The van der Waals surface area contributed by atoms with Crippen LogP contribution in [0, 0.1) is 10.1 Å². The van der Waals surface area contributed by atoms with Gasteiger partial charge in [-0.15, -0.1) is 0 Å². The second-order valence-electron chi connectivity index (χ2n) is 6.50. The lowest BCUT2D eigenvalue weighted by molar-refractivity contribution is -0.385. The highest BCUT2D eigenvalue weighted by Crippen LogP contribution is 2.38. The second-order valence-corrected chi connectivity index (χ2v) is 6.50. The molecule has 0 spiro atoms. The maximum absolute atomic E-state index is 11.9. The van der Waals surface area contributed by atoms with Crippen LogP contribution < -0.4 is 5.46 Å². The molecule has 24 heavy (non-hydrogen) atoms. The van der Waals surface area contributed by atoms with Crippen LogP contribution in [0.4, 0.5) is 5.69 Å². The van der Waals surface area contributed by atoms with Gasteiger partial charge in [-0.1, -0.05) is 0 Å². The Kier molecular flexibility index (Phi) is 4.60. The summed E-state index contributed by atoms with van der Waals surface area (Å²) in [6, 6.07) is 2.27. The van der Waals surface area contributed by atoms with E-state index in [1.165, 1.54) is 6.07 Å². The van der Waals surface area contributed by atoms with E-state index in [2.05, 4.69) is 0 Å². The summed E-state index contributed by atoms with van der Waals surface area (Å²) in [5.74, 6) is -1.31. The van der Waals surface area contributed by atoms with Gasteiger partial charge in [0.2, 0.25) is 0 Å². The number of carbonyl (C=O) groups excluding carboxylic acids is 1. The number of nitro benzene ring substituents is 1. The van der Waals surface area contributed by atoms with Gasteiger partial charge in [-0.3, -0.25) is 10.1 Å². The number of benzene rings is 1. The van der Waals surface area contributed by atoms with E-state index >= 15 is 0 Å². The molecule has 130 valence electrons. The molecule has 8 nitrogen and oxygen atoms in total. The van der Waals surface area contributed by atoms with Crippen LogP contribution in [0.3, 0.4) is 0 Å². The first-order chi connectivity index (χ1) is 11.0. The SMILES string of the molecule is CCOC(=O)c1cc(B2OC(C)(C)C(C)(C)O2)c(O)c([N+](=O)[O-])c1. The molecule has 0 bridgehead atoms. The van der Waals surface area contributed by atoms with Gasteiger partial charge in [0.1, 0.15) is 0 Å². The van der Waals surface area contributed by atoms with E-state index in [0.29, 0.717) is 0 Å². The molecule has 0 saturated carbocycles. The molecule has 1 aromatic carbocycles. The number of hydrogen-bond acceptors (Lipinski definition) is 7. The lowest BCUT2D eigenvalue weighted by atomic mass is 9.77. The Morgan fingerprint density at radius 1 is 1.29 bits per heavy atom. The zero-order chi connectivity index (χ0) is 18.3. The number of esters is 1. The number of phenols is 1. The molecular weight excluding hydrogens is 317 g/mol. The van der Waals surface area contributed by atoms with Crippen molar-refractivity contribution in [3.63, 3.8) is 0 Å². The van der Waals surface area contributed by atoms with E-state index in [1.54, 1.807) is 6.92 Å². The summed E-state index contributed by atoms with van der Waals surface area (Å²) in [6.45, 7) is 9.00. The predicted octanol–water partition coefficient (Wildman–Crippen LogP) is 1.78. The van der Waals surface area contributed by atoms with Crippen LogP contribution >= 0.6 is 0 Å². The minimum absolute atomic E-state index is 0.0194. The highest BCUT2D eigenvalue weighted by molar-refractivity contribution is 6.63. The van der Waals surface area contributed by atoms with Crippen molar-refractivity contribution in [1.82, 2.24) is 0 Å². The van der Waals surface area contributed by atoms with E-state index in [0.717, 1.165) is 6.07 Å². The van der Waals surface area contributed by atoms with Crippen molar-refractivity contribution in [1.29, 1.82) is 0 Å². The molecule has 9 heteroatoms. The number of ether oxygens (including phenoxy) is 1. The van der Waals surface area contributed by atoms with Crippen molar-refractivity contribution in [3.05, 3.63) is 27.8 Å². The Balaban J connectivity index is 2.53. The molecule has 0 unspecified atom stereocenters. The van der Waals surface area contributed by atoms with Crippen molar-refractivity contribution in [2.75, 3.05) is 6.61 Å². The lowest BCUT2D eigenvalue weighted by Crippen LogP contribution is -2.41. The molecule has 0 atom stereocenters. The molecule has 1 saturated heterocycles. The van der Waals surface area contributed by atoms with Crippen LogP contribution in [-0.2, 0) is 14.0 Å². The zero-order valence-corrected chi connectivity index (χ0v) is 14.3. The van der Waals surface area contributed by atoms with Gasteiger partial charge in [-0.25, -0.2) is 4.79 Å². The maximum Gasteiger partial charge on any atom is 0.498 e. The Morgan fingerprint density at radius 2 is 1.83 bits per heavy atom. The zero-order valence-electron chi connectivity index (χ0n) is 14.3. The van der Waals surface area contributed by atoms with E-state index in [-0.39, 0.29) is 17.6 Å². The van der Waals surface area contributed by atoms with E-state index < -0.39 is 40.7 Å². The van der Waals surface area contributed by atoms with Gasteiger partial charge in [-0.2, -0.15) is 0 Å². The summed E-state index contributed by atoms with van der Waals surface area (Å²) in [5, 5.41) is 21.4.